The van der Waals surface area contributed by atoms with Crippen molar-refractivity contribution in [3.63, 3.8) is 0 Å². The summed E-state index contributed by atoms with van der Waals surface area (Å²) in [6.45, 7) is 0.365. The number of nitrogens with zero attached hydrogens (tertiary/aromatic N) is 3. The standard InChI is InChI=1S/C10H12ClN5O/c1-16(4-2-3-12)10(17)7-5-8(11)9(15-13)14-6-7/h5-6H,2,4,13H2,1H3,(H,14,15). The fraction of sp³-hybridized carbons (Fsp3) is 0.300. The highest BCUT2D eigenvalue weighted by Gasteiger charge is 2.13. The second-order valence-electron chi connectivity index (χ2n) is 3.33. The Morgan fingerprint density at radius 2 is 2.47 bits per heavy atom. The van der Waals surface area contributed by atoms with Crippen LogP contribution in [0.15, 0.2) is 12.3 Å². The normalized spacial score (nSPS) is 9.53. The predicted octanol–water partition coefficient (Wildman–Crippen LogP) is 1.01. The van der Waals surface area contributed by atoms with Crippen LogP contribution in [0.3, 0.4) is 0 Å². The predicted molar refractivity (Wildman–Crippen MR) is 64.2 cm³/mol. The minimum absolute atomic E-state index is 0.238. The minimum Gasteiger partial charge on any atom is -0.341 e. The van der Waals surface area contributed by atoms with Crippen molar-refractivity contribution >= 4 is 23.3 Å². The third kappa shape index (κ3) is 3.31. The summed E-state index contributed by atoms with van der Waals surface area (Å²) < 4.78 is 0. The van der Waals surface area contributed by atoms with Gasteiger partial charge in [-0.05, 0) is 6.07 Å². The maximum absolute atomic E-state index is 11.9. The number of hydrogen-bond donors (Lipinski definition) is 2. The molecule has 0 aliphatic carbocycles. The van der Waals surface area contributed by atoms with Crippen molar-refractivity contribution in [2.75, 3.05) is 19.0 Å². The van der Waals surface area contributed by atoms with E-state index in [2.05, 4.69) is 10.4 Å². The summed E-state index contributed by atoms with van der Waals surface area (Å²) in [7, 11) is 1.61. The number of nitrogens with one attached hydrogen (secondary N) is 1. The fourth-order valence-electron chi connectivity index (χ4n) is 1.20. The number of pyridine rings is 1. The van der Waals surface area contributed by atoms with Crippen LogP contribution in [0.2, 0.25) is 5.02 Å². The SMILES string of the molecule is CN(CCC#N)C(=O)c1cnc(NN)c(Cl)c1. The van der Waals surface area contributed by atoms with Crippen LogP contribution in [0.4, 0.5) is 5.82 Å². The van der Waals surface area contributed by atoms with Crippen molar-refractivity contribution in [1.29, 1.82) is 5.26 Å². The number of aromatic nitrogens is 1. The molecule has 7 heteroatoms. The molecular weight excluding hydrogens is 242 g/mol. The van der Waals surface area contributed by atoms with Gasteiger partial charge in [-0.2, -0.15) is 5.26 Å². The molecule has 1 rings (SSSR count). The zero-order valence-corrected chi connectivity index (χ0v) is 10.0. The Hall–Kier alpha value is -1.84. The summed E-state index contributed by atoms with van der Waals surface area (Å²) in [6, 6.07) is 3.45. The zero-order chi connectivity index (χ0) is 12.8. The first-order chi connectivity index (χ1) is 8.10. The van der Waals surface area contributed by atoms with Crippen LogP contribution in [0, 0.1) is 11.3 Å². The molecule has 1 aromatic heterocycles. The van der Waals surface area contributed by atoms with Gasteiger partial charge in [0.05, 0.1) is 23.1 Å². The number of hydrazine groups is 1. The van der Waals surface area contributed by atoms with Gasteiger partial charge in [0.15, 0.2) is 5.82 Å². The van der Waals surface area contributed by atoms with E-state index < -0.39 is 0 Å². The summed E-state index contributed by atoms with van der Waals surface area (Å²) in [5, 5.41) is 8.71. The largest absolute Gasteiger partial charge is 0.341 e. The molecule has 0 atom stereocenters. The summed E-state index contributed by atoms with van der Waals surface area (Å²) >= 11 is 5.85. The Morgan fingerprint density at radius 1 is 1.76 bits per heavy atom. The van der Waals surface area contributed by atoms with Gasteiger partial charge >= 0.3 is 0 Å². The van der Waals surface area contributed by atoms with Crippen LogP contribution >= 0.6 is 11.6 Å². The van der Waals surface area contributed by atoms with Crippen molar-refractivity contribution < 1.29 is 4.79 Å². The lowest BCUT2D eigenvalue weighted by Gasteiger charge is -2.15. The average Bonchev–Trinajstić information content (AvgIpc) is 2.34. The first kappa shape index (κ1) is 13.2. The van der Waals surface area contributed by atoms with Crippen LogP contribution in [-0.4, -0.2) is 29.4 Å². The van der Waals surface area contributed by atoms with Gasteiger partial charge in [-0.1, -0.05) is 11.6 Å². The molecule has 1 heterocycles. The number of halogens is 1. The van der Waals surface area contributed by atoms with E-state index in [1.807, 2.05) is 6.07 Å². The molecule has 0 aromatic carbocycles. The van der Waals surface area contributed by atoms with Crippen molar-refractivity contribution in [2.24, 2.45) is 5.84 Å². The van der Waals surface area contributed by atoms with E-state index in [0.717, 1.165) is 0 Å². The number of rotatable bonds is 4. The smallest absolute Gasteiger partial charge is 0.255 e. The van der Waals surface area contributed by atoms with Gasteiger partial charge in [-0.3, -0.25) is 4.79 Å². The van der Waals surface area contributed by atoms with E-state index in [1.54, 1.807) is 7.05 Å². The minimum atomic E-state index is -0.238. The van der Waals surface area contributed by atoms with Crippen molar-refractivity contribution in [3.05, 3.63) is 22.8 Å². The van der Waals surface area contributed by atoms with Gasteiger partial charge in [0, 0.05) is 19.8 Å². The van der Waals surface area contributed by atoms with E-state index in [1.165, 1.54) is 17.2 Å². The quantitative estimate of drug-likeness (QED) is 0.617. The van der Waals surface area contributed by atoms with Gasteiger partial charge in [0.25, 0.3) is 5.91 Å². The maximum atomic E-state index is 11.9. The number of carbonyl (C=O) groups excluding carboxylic acids is 1. The summed E-state index contributed by atoms with van der Waals surface area (Å²) in [5.74, 6) is 5.24. The number of hydrogen-bond acceptors (Lipinski definition) is 5. The summed E-state index contributed by atoms with van der Waals surface area (Å²) in [4.78, 5) is 17.2. The number of nitriles is 1. The Morgan fingerprint density at radius 3 is 3.00 bits per heavy atom. The molecule has 0 radical (unpaired) electrons. The van der Waals surface area contributed by atoms with Crippen LogP contribution in [0.5, 0.6) is 0 Å². The van der Waals surface area contributed by atoms with E-state index in [9.17, 15) is 4.79 Å². The number of anilines is 1. The second kappa shape index (κ2) is 6.03. The van der Waals surface area contributed by atoms with E-state index >= 15 is 0 Å². The molecule has 0 fully saturated rings. The van der Waals surface area contributed by atoms with Gasteiger partial charge in [0.1, 0.15) is 0 Å². The third-order valence-electron chi connectivity index (χ3n) is 2.13. The van der Waals surface area contributed by atoms with Crippen molar-refractivity contribution in [2.45, 2.75) is 6.42 Å². The molecule has 3 N–H and O–H groups in total. The molecule has 90 valence electrons. The highest BCUT2D eigenvalue weighted by atomic mass is 35.5. The van der Waals surface area contributed by atoms with E-state index in [-0.39, 0.29) is 17.4 Å². The molecule has 0 spiro atoms. The maximum Gasteiger partial charge on any atom is 0.255 e. The molecule has 0 unspecified atom stereocenters. The molecule has 6 nitrogen and oxygen atoms in total. The van der Waals surface area contributed by atoms with Gasteiger partial charge < -0.3 is 10.3 Å². The zero-order valence-electron chi connectivity index (χ0n) is 9.27. The van der Waals surface area contributed by atoms with Gasteiger partial charge in [-0.15, -0.1) is 0 Å². The summed E-state index contributed by atoms with van der Waals surface area (Å²) in [6.07, 6.45) is 1.66. The number of amides is 1. The first-order valence-corrected chi connectivity index (χ1v) is 5.22. The molecule has 0 bridgehead atoms. The second-order valence-corrected chi connectivity index (χ2v) is 3.74. The van der Waals surface area contributed by atoms with Crippen LogP contribution in [0.1, 0.15) is 16.8 Å². The fourth-order valence-corrected chi connectivity index (χ4v) is 1.42. The van der Waals surface area contributed by atoms with Crippen LogP contribution < -0.4 is 11.3 Å². The molecule has 0 aliphatic heterocycles. The average molecular weight is 254 g/mol. The molecule has 0 saturated heterocycles. The lowest BCUT2D eigenvalue weighted by atomic mass is 10.2. The van der Waals surface area contributed by atoms with E-state index in [4.69, 9.17) is 22.7 Å². The molecule has 1 amide bonds. The first-order valence-electron chi connectivity index (χ1n) is 4.84. The monoisotopic (exact) mass is 253 g/mol. The van der Waals surface area contributed by atoms with Crippen molar-refractivity contribution in [3.8, 4) is 6.07 Å². The molecular formula is C10H12ClN5O. The lowest BCUT2D eigenvalue weighted by molar-refractivity contribution is 0.0797. The third-order valence-corrected chi connectivity index (χ3v) is 2.42. The molecule has 0 saturated carbocycles. The highest BCUT2D eigenvalue weighted by Crippen LogP contribution is 2.19. The van der Waals surface area contributed by atoms with E-state index in [0.29, 0.717) is 17.9 Å². The molecule has 17 heavy (non-hydrogen) atoms. The Bertz CT molecular complexity index is 456. The Balaban J connectivity index is 2.83. The van der Waals surface area contributed by atoms with Crippen LogP contribution in [-0.2, 0) is 0 Å². The highest BCUT2D eigenvalue weighted by molar-refractivity contribution is 6.33. The lowest BCUT2D eigenvalue weighted by Crippen LogP contribution is -2.27. The molecule has 1 aromatic rings. The van der Waals surface area contributed by atoms with Gasteiger partial charge in [0.2, 0.25) is 0 Å². The topological polar surface area (TPSA) is 95.0 Å². The Labute approximate surface area is 104 Å². The number of nitrogen functional groups attached to an aromatic ring is 1. The summed E-state index contributed by atoms with van der Waals surface area (Å²) in [5.41, 5.74) is 2.67. The van der Waals surface area contributed by atoms with Crippen LogP contribution in [0.25, 0.3) is 0 Å². The number of nitrogens with two attached hydrogens (primary N) is 1. The van der Waals surface area contributed by atoms with Gasteiger partial charge in [-0.25, -0.2) is 10.8 Å². The van der Waals surface area contributed by atoms with Crippen molar-refractivity contribution in [1.82, 2.24) is 9.88 Å². The number of carbonyl (C=O) groups is 1. The Kier molecular flexibility index (Phi) is 4.69. The molecule has 0 aliphatic rings.